The Morgan fingerprint density at radius 2 is 1.46 bits per heavy atom. The van der Waals surface area contributed by atoms with E-state index < -0.39 is 47.9 Å². The van der Waals surface area contributed by atoms with Crippen molar-refractivity contribution in [1.82, 2.24) is 16.0 Å². The summed E-state index contributed by atoms with van der Waals surface area (Å²) in [5.74, 6) is -3.35. The van der Waals surface area contributed by atoms with E-state index in [2.05, 4.69) is 20.9 Å². The molecule has 0 saturated heterocycles. The molecule has 5 atom stereocenters. The quantitative estimate of drug-likeness (QED) is 0.0844. The maximum absolute atomic E-state index is 13.1. The molecule has 0 aliphatic rings. The Balaban J connectivity index is 5.57. The van der Waals surface area contributed by atoms with Gasteiger partial charge in [-0.05, 0) is 37.0 Å². The first kappa shape index (κ1) is 32.1. The highest BCUT2D eigenvalue weighted by Gasteiger charge is 2.33. The molecular weight excluding hydrogens is 454 g/mol. The maximum Gasteiger partial charge on any atom is 0.326 e. The van der Waals surface area contributed by atoms with Gasteiger partial charge < -0.3 is 38.3 Å². The molecule has 3 amide bonds. The zero-order chi connectivity index (χ0) is 27.3. The lowest BCUT2D eigenvalue weighted by atomic mass is 9.97. The molecule has 10 N–H and O–H groups in total. The smallest absolute Gasteiger partial charge is 0.326 e. The molecule has 0 saturated carbocycles. The van der Waals surface area contributed by atoms with Crippen molar-refractivity contribution in [2.75, 3.05) is 6.54 Å². The third-order valence-corrected chi connectivity index (χ3v) is 5.66. The van der Waals surface area contributed by atoms with E-state index in [0.717, 1.165) is 0 Å². The van der Waals surface area contributed by atoms with Crippen LogP contribution in [-0.2, 0) is 19.2 Å². The average Bonchev–Trinajstić information content (AvgIpc) is 2.75. The molecule has 0 rings (SSSR count). The van der Waals surface area contributed by atoms with Crippen LogP contribution in [-0.4, -0.2) is 65.5 Å². The van der Waals surface area contributed by atoms with E-state index in [1.54, 1.807) is 20.8 Å². The van der Waals surface area contributed by atoms with Crippen molar-refractivity contribution in [3.8, 4) is 0 Å². The Bertz CT molecular complexity index is 738. The first-order valence-electron chi connectivity index (χ1n) is 12.2. The summed E-state index contributed by atoms with van der Waals surface area (Å²) in [6.45, 7) is 11.1. The molecule has 0 aliphatic carbocycles. The minimum absolute atomic E-state index is 0.0835. The molecule has 12 heteroatoms. The second kappa shape index (κ2) is 15.9. The van der Waals surface area contributed by atoms with Crippen molar-refractivity contribution in [2.24, 2.45) is 39.9 Å². The monoisotopic (exact) mass is 499 g/mol. The van der Waals surface area contributed by atoms with E-state index in [1.807, 2.05) is 20.8 Å². The number of nitrogens with one attached hydrogen (secondary N) is 3. The minimum Gasteiger partial charge on any atom is -0.480 e. The van der Waals surface area contributed by atoms with Gasteiger partial charge in [0, 0.05) is 6.54 Å². The van der Waals surface area contributed by atoms with Crippen LogP contribution in [0.15, 0.2) is 4.99 Å². The second-order valence-electron chi connectivity index (χ2n) is 9.69. The highest BCUT2D eigenvalue weighted by atomic mass is 16.4. The van der Waals surface area contributed by atoms with Gasteiger partial charge in [-0.25, -0.2) is 4.79 Å². The summed E-state index contributed by atoms with van der Waals surface area (Å²) in [6, 6.07) is -3.86. The number of guanidine groups is 1. The summed E-state index contributed by atoms with van der Waals surface area (Å²) in [5, 5.41) is 17.4. The van der Waals surface area contributed by atoms with Crippen LogP contribution >= 0.6 is 0 Å². The number of carboxylic acid groups (broad SMARTS) is 1. The lowest BCUT2D eigenvalue weighted by Gasteiger charge is -2.28. The second-order valence-corrected chi connectivity index (χ2v) is 9.69. The van der Waals surface area contributed by atoms with E-state index in [4.69, 9.17) is 17.2 Å². The summed E-state index contributed by atoms with van der Waals surface area (Å²) in [5.41, 5.74) is 16.6. The normalized spacial score (nSPS) is 15.5. The highest BCUT2D eigenvalue weighted by Crippen LogP contribution is 2.11. The van der Waals surface area contributed by atoms with Gasteiger partial charge in [0.15, 0.2) is 5.96 Å². The lowest BCUT2D eigenvalue weighted by Crippen LogP contribution is -2.59. The third kappa shape index (κ3) is 12.4. The van der Waals surface area contributed by atoms with Crippen molar-refractivity contribution in [3.05, 3.63) is 0 Å². The number of nitrogens with two attached hydrogens (primary N) is 3. The Morgan fingerprint density at radius 1 is 0.886 bits per heavy atom. The van der Waals surface area contributed by atoms with Crippen molar-refractivity contribution in [3.63, 3.8) is 0 Å². The number of carbonyl (C=O) groups is 4. The topological polar surface area (TPSA) is 215 Å². The lowest BCUT2D eigenvalue weighted by molar-refractivity contribution is -0.144. The zero-order valence-corrected chi connectivity index (χ0v) is 21.8. The molecule has 0 aromatic rings. The van der Waals surface area contributed by atoms with Gasteiger partial charge in [-0.3, -0.25) is 19.4 Å². The molecule has 0 fully saturated rings. The van der Waals surface area contributed by atoms with E-state index in [-0.39, 0.29) is 36.7 Å². The summed E-state index contributed by atoms with van der Waals surface area (Å²) < 4.78 is 0. The summed E-state index contributed by atoms with van der Waals surface area (Å²) in [7, 11) is 0. The van der Waals surface area contributed by atoms with Crippen LogP contribution < -0.4 is 33.2 Å². The number of aliphatic imine (C=N–C) groups is 1. The van der Waals surface area contributed by atoms with Crippen LogP contribution in [0.25, 0.3) is 0 Å². The molecule has 0 radical (unpaired) electrons. The number of hydrogen-bond acceptors (Lipinski definition) is 6. The number of amides is 3. The molecule has 0 aromatic carbocycles. The van der Waals surface area contributed by atoms with Gasteiger partial charge >= 0.3 is 5.97 Å². The first-order valence-corrected chi connectivity index (χ1v) is 12.2. The minimum atomic E-state index is -1.15. The van der Waals surface area contributed by atoms with Gasteiger partial charge in [-0.2, -0.15) is 0 Å². The van der Waals surface area contributed by atoms with Crippen LogP contribution in [0.5, 0.6) is 0 Å². The summed E-state index contributed by atoms with van der Waals surface area (Å²) in [4.78, 5) is 54.2. The fourth-order valence-corrected chi connectivity index (χ4v) is 3.38. The van der Waals surface area contributed by atoms with E-state index >= 15 is 0 Å². The molecule has 35 heavy (non-hydrogen) atoms. The summed E-state index contributed by atoms with van der Waals surface area (Å²) >= 11 is 0. The molecule has 0 bridgehead atoms. The van der Waals surface area contributed by atoms with Crippen molar-refractivity contribution in [2.45, 2.75) is 91.4 Å². The van der Waals surface area contributed by atoms with Crippen LogP contribution in [0.1, 0.15) is 67.2 Å². The largest absolute Gasteiger partial charge is 0.480 e. The van der Waals surface area contributed by atoms with Gasteiger partial charge in [-0.15, -0.1) is 0 Å². The molecule has 5 unspecified atom stereocenters. The molecule has 0 spiro atoms. The Hall–Kier alpha value is -2.89. The zero-order valence-electron chi connectivity index (χ0n) is 21.8. The SMILES string of the molecule is CCC(C)C(NC(=O)C(NC(=O)C(CCCN=C(N)N)NC(=O)C(N)CC(C)C)C(C)C)C(=O)O. The van der Waals surface area contributed by atoms with Crippen molar-refractivity contribution in [1.29, 1.82) is 0 Å². The number of aliphatic carboxylic acids is 1. The molecule has 0 aromatic heterocycles. The van der Waals surface area contributed by atoms with Crippen molar-refractivity contribution < 1.29 is 24.3 Å². The summed E-state index contributed by atoms with van der Waals surface area (Å²) in [6.07, 6.45) is 1.59. The standard InChI is InChI=1S/C23H45N7O5/c1-7-14(6)18(22(34)35)30-21(33)17(13(4)5)29-20(32)16(9-8-10-27-23(25)26)28-19(31)15(24)11-12(2)3/h12-18H,7-11,24H2,1-6H3,(H,28,31)(H,29,32)(H,30,33)(H,34,35)(H4,25,26,27). The molecule has 0 heterocycles. The van der Waals surface area contributed by atoms with E-state index in [0.29, 0.717) is 19.3 Å². The number of carboxylic acids is 1. The van der Waals surface area contributed by atoms with Crippen molar-refractivity contribution >= 4 is 29.7 Å². The van der Waals surface area contributed by atoms with Crippen LogP contribution in [0, 0.1) is 17.8 Å². The number of hydrogen-bond donors (Lipinski definition) is 7. The van der Waals surface area contributed by atoms with Gasteiger partial charge in [0.2, 0.25) is 17.7 Å². The van der Waals surface area contributed by atoms with Crippen LogP contribution in [0.2, 0.25) is 0 Å². The predicted octanol–water partition coefficient (Wildman–Crippen LogP) is -0.345. The number of nitrogens with zero attached hydrogens (tertiary/aromatic N) is 1. The Labute approximate surface area is 208 Å². The van der Waals surface area contributed by atoms with E-state index in [9.17, 15) is 24.3 Å². The van der Waals surface area contributed by atoms with Gasteiger partial charge in [0.05, 0.1) is 6.04 Å². The Morgan fingerprint density at radius 3 is 1.91 bits per heavy atom. The van der Waals surface area contributed by atoms with Crippen LogP contribution in [0.4, 0.5) is 0 Å². The highest BCUT2D eigenvalue weighted by molar-refractivity contribution is 5.94. The number of rotatable bonds is 16. The first-order chi connectivity index (χ1) is 16.2. The van der Waals surface area contributed by atoms with Crippen LogP contribution in [0.3, 0.4) is 0 Å². The Kier molecular flexibility index (Phi) is 14.6. The number of carbonyl (C=O) groups excluding carboxylic acids is 3. The van der Waals surface area contributed by atoms with Gasteiger partial charge in [0.1, 0.15) is 18.1 Å². The molecule has 12 nitrogen and oxygen atoms in total. The predicted molar refractivity (Wildman–Crippen MR) is 135 cm³/mol. The maximum atomic E-state index is 13.1. The average molecular weight is 500 g/mol. The fraction of sp³-hybridized carbons (Fsp3) is 0.783. The van der Waals surface area contributed by atoms with Gasteiger partial charge in [0.25, 0.3) is 0 Å². The third-order valence-electron chi connectivity index (χ3n) is 5.66. The molecular formula is C23H45N7O5. The van der Waals surface area contributed by atoms with Gasteiger partial charge in [-0.1, -0.05) is 48.0 Å². The fourth-order valence-electron chi connectivity index (χ4n) is 3.38. The molecule has 202 valence electrons. The van der Waals surface area contributed by atoms with E-state index in [1.165, 1.54) is 0 Å². The molecule has 0 aliphatic heterocycles.